The molecule has 8 heteroatoms. The van der Waals surface area contributed by atoms with Gasteiger partial charge in [0.1, 0.15) is 11.6 Å². The second kappa shape index (κ2) is 8.35. The van der Waals surface area contributed by atoms with Crippen LogP contribution in [-0.2, 0) is 17.4 Å². The summed E-state index contributed by atoms with van der Waals surface area (Å²) >= 11 is 0. The molecular formula is C24H22F2N2O3S. The van der Waals surface area contributed by atoms with Gasteiger partial charge in [-0.3, -0.25) is 4.72 Å². The third-order valence-electron chi connectivity index (χ3n) is 5.64. The van der Waals surface area contributed by atoms with Crippen molar-refractivity contribution in [3.63, 3.8) is 0 Å². The summed E-state index contributed by atoms with van der Waals surface area (Å²) in [7, 11) is -1.97. The summed E-state index contributed by atoms with van der Waals surface area (Å²) in [5.74, 6) is -2.22. The molecule has 0 saturated heterocycles. The van der Waals surface area contributed by atoms with Crippen LogP contribution < -0.4 is 10.0 Å². The summed E-state index contributed by atoms with van der Waals surface area (Å²) in [6.45, 7) is 4.07. The topological polar surface area (TPSA) is 78.4 Å². The maximum Gasteiger partial charge on any atom is 0.335 e. The number of carboxylic acids is 1. The highest BCUT2D eigenvalue weighted by Gasteiger charge is 2.36. The molecule has 1 heterocycles. The first-order chi connectivity index (χ1) is 15.2. The van der Waals surface area contributed by atoms with Crippen molar-refractivity contribution in [1.82, 2.24) is 0 Å². The van der Waals surface area contributed by atoms with Crippen molar-refractivity contribution in [2.45, 2.75) is 31.2 Å². The van der Waals surface area contributed by atoms with Gasteiger partial charge in [0.2, 0.25) is 0 Å². The molecule has 0 amide bonds. The van der Waals surface area contributed by atoms with Gasteiger partial charge >= 0.3 is 5.97 Å². The van der Waals surface area contributed by atoms with Crippen LogP contribution in [0.2, 0.25) is 0 Å². The highest BCUT2D eigenvalue weighted by atomic mass is 32.2. The number of hydrogen-bond donors (Lipinski definition) is 3. The molecule has 0 saturated carbocycles. The Balaban J connectivity index is 1.64. The zero-order chi connectivity index (χ0) is 23.0. The van der Waals surface area contributed by atoms with E-state index >= 15 is 0 Å². The highest BCUT2D eigenvalue weighted by Crippen LogP contribution is 2.45. The quantitative estimate of drug-likeness (QED) is 0.472. The first-order valence-corrected chi connectivity index (χ1v) is 11.2. The zero-order valence-electron chi connectivity index (χ0n) is 17.5. The molecule has 3 aromatic carbocycles. The number of benzene rings is 3. The lowest BCUT2D eigenvalue weighted by Crippen LogP contribution is -2.35. The minimum absolute atomic E-state index is 0.00806. The maximum absolute atomic E-state index is 14.5. The minimum atomic E-state index is -1.97. The SMILES string of the molecule is CC1(C)Cc2cc(C(=O)O)ccc2NC1c1ccc(F)c(NS(=O)c2ccccc2F)c1. The van der Waals surface area contributed by atoms with Crippen LogP contribution in [0.5, 0.6) is 0 Å². The van der Waals surface area contributed by atoms with Crippen LogP contribution in [0.1, 0.15) is 41.4 Å². The smallest absolute Gasteiger partial charge is 0.335 e. The number of halogens is 2. The fourth-order valence-corrected chi connectivity index (χ4v) is 4.96. The van der Waals surface area contributed by atoms with E-state index in [0.29, 0.717) is 6.42 Å². The molecule has 4 rings (SSSR count). The lowest BCUT2D eigenvalue weighted by atomic mass is 9.72. The van der Waals surface area contributed by atoms with Crippen LogP contribution in [0.25, 0.3) is 0 Å². The number of anilines is 2. The Hall–Kier alpha value is -3.26. The van der Waals surface area contributed by atoms with Crippen molar-refractivity contribution in [2.75, 3.05) is 10.0 Å². The molecule has 1 aliphatic heterocycles. The van der Waals surface area contributed by atoms with Crippen molar-refractivity contribution in [3.05, 3.63) is 89.0 Å². The van der Waals surface area contributed by atoms with Crippen molar-refractivity contribution in [3.8, 4) is 0 Å². The number of rotatable bonds is 5. The molecule has 0 spiro atoms. The average Bonchev–Trinajstić information content (AvgIpc) is 2.74. The van der Waals surface area contributed by atoms with Crippen molar-refractivity contribution < 1.29 is 22.9 Å². The molecule has 0 aromatic heterocycles. The van der Waals surface area contributed by atoms with Gasteiger partial charge in [-0.25, -0.2) is 17.8 Å². The van der Waals surface area contributed by atoms with Gasteiger partial charge in [-0.2, -0.15) is 0 Å². The molecule has 0 radical (unpaired) electrons. The Morgan fingerprint density at radius 2 is 1.84 bits per heavy atom. The summed E-state index contributed by atoms with van der Waals surface area (Å²) < 4.78 is 43.6. The molecular weight excluding hydrogens is 434 g/mol. The normalized spacial score (nSPS) is 17.7. The summed E-state index contributed by atoms with van der Waals surface area (Å²) in [5, 5.41) is 12.7. The van der Waals surface area contributed by atoms with Crippen LogP contribution in [0, 0.1) is 17.0 Å². The lowest BCUT2D eigenvalue weighted by Gasteiger charge is -2.41. The molecule has 0 fully saturated rings. The number of carbonyl (C=O) groups is 1. The predicted molar refractivity (Wildman–Crippen MR) is 120 cm³/mol. The van der Waals surface area contributed by atoms with E-state index < -0.39 is 28.6 Å². The molecule has 3 N–H and O–H groups in total. The van der Waals surface area contributed by atoms with Gasteiger partial charge in [-0.1, -0.05) is 32.0 Å². The Morgan fingerprint density at radius 3 is 2.56 bits per heavy atom. The molecule has 32 heavy (non-hydrogen) atoms. The van der Waals surface area contributed by atoms with Gasteiger partial charge in [0.05, 0.1) is 22.2 Å². The van der Waals surface area contributed by atoms with E-state index in [1.807, 2.05) is 13.8 Å². The van der Waals surface area contributed by atoms with E-state index in [1.165, 1.54) is 24.3 Å². The van der Waals surface area contributed by atoms with Gasteiger partial charge < -0.3 is 10.4 Å². The highest BCUT2D eigenvalue weighted by molar-refractivity contribution is 7.86. The van der Waals surface area contributed by atoms with Gasteiger partial charge in [0.15, 0.2) is 11.0 Å². The van der Waals surface area contributed by atoms with Crippen LogP contribution >= 0.6 is 0 Å². The van der Waals surface area contributed by atoms with E-state index in [2.05, 4.69) is 10.0 Å². The number of nitrogens with one attached hydrogen (secondary N) is 2. The van der Waals surface area contributed by atoms with E-state index in [9.17, 15) is 22.9 Å². The van der Waals surface area contributed by atoms with E-state index in [1.54, 1.807) is 36.4 Å². The number of hydrogen-bond acceptors (Lipinski definition) is 3. The summed E-state index contributed by atoms with van der Waals surface area (Å²) in [6.07, 6.45) is 0.614. The fraction of sp³-hybridized carbons (Fsp3) is 0.208. The standard InChI is InChI=1S/C24H22F2N2O3S/c1-24(2)13-16-11-15(23(29)30)8-10-19(16)27-22(24)14-7-9-17(25)20(12-14)28-32(31)21-6-4-3-5-18(21)26/h3-12,22,27-28H,13H2,1-2H3,(H,29,30). The van der Waals surface area contributed by atoms with Crippen LogP contribution in [-0.4, -0.2) is 15.3 Å². The number of aromatic carboxylic acids is 1. The molecule has 2 atom stereocenters. The van der Waals surface area contributed by atoms with Crippen molar-refractivity contribution >= 4 is 28.3 Å². The average molecular weight is 457 g/mol. The van der Waals surface area contributed by atoms with Gasteiger partial charge in [0, 0.05) is 5.69 Å². The van der Waals surface area contributed by atoms with Crippen molar-refractivity contribution in [1.29, 1.82) is 0 Å². The third-order valence-corrected chi connectivity index (χ3v) is 6.78. The summed E-state index contributed by atoms with van der Waals surface area (Å²) in [5.41, 5.74) is 2.37. The fourth-order valence-electron chi connectivity index (χ4n) is 4.04. The summed E-state index contributed by atoms with van der Waals surface area (Å²) in [6, 6.07) is 14.9. The van der Waals surface area contributed by atoms with Gasteiger partial charge in [0.25, 0.3) is 0 Å². The Bertz CT molecular complexity index is 1230. The molecule has 5 nitrogen and oxygen atoms in total. The first-order valence-electron chi connectivity index (χ1n) is 10.0. The minimum Gasteiger partial charge on any atom is -0.478 e. The Labute approximate surface area is 187 Å². The van der Waals surface area contributed by atoms with Gasteiger partial charge in [-0.05, 0) is 65.4 Å². The second-order valence-corrected chi connectivity index (χ2v) is 9.64. The molecule has 0 bridgehead atoms. The molecule has 0 aliphatic carbocycles. The first kappa shape index (κ1) is 22.0. The molecule has 2 unspecified atom stereocenters. The summed E-state index contributed by atoms with van der Waals surface area (Å²) in [4.78, 5) is 11.2. The third kappa shape index (κ3) is 4.23. The lowest BCUT2D eigenvalue weighted by molar-refractivity contribution is 0.0696. The maximum atomic E-state index is 14.5. The van der Waals surface area contributed by atoms with Crippen LogP contribution in [0.3, 0.4) is 0 Å². The largest absolute Gasteiger partial charge is 0.478 e. The van der Waals surface area contributed by atoms with Crippen LogP contribution in [0.15, 0.2) is 65.6 Å². The number of carboxylic acid groups (broad SMARTS) is 1. The zero-order valence-corrected chi connectivity index (χ0v) is 18.3. The monoisotopic (exact) mass is 456 g/mol. The Morgan fingerprint density at radius 1 is 1.09 bits per heavy atom. The molecule has 1 aliphatic rings. The van der Waals surface area contributed by atoms with E-state index in [-0.39, 0.29) is 27.6 Å². The molecule has 166 valence electrons. The van der Waals surface area contributed by atoms with Crippen LogP contribution in [0.4, 0.5) is 20.2 Å². The van der Waals surface area contributed by atoms with Crippen molar-refractivity contribution in [2.24, 2.45) is 5.41 Å². The van der Waals surface area contributed by atoms with E-state index in [4.69, 9.17) is 0 Å². The predicted octanol–water partition coefficient (Wildman–Crippen LogP) is 5.53. The second-order valence-electron chi connectivity index (χ2n) is 8.46. The van der Waals surface area contributed by atoms with Gasteiger partial charge in [-0.15, -0.1) is 0 Å². The van der Waals surface area contributed by atoms with E-state index in [0.717, 1.165) is 16.8 Å². The molecule has 3 aromatic rings. The Kier molecular flexibility index (Phi) is 5.73. The number of fused-ring (bicyclic) bond motifs is 1.